The van der Waals surface area contributed by atoms with Gasteiger partial charge < -0.3 is 74.0 Å². The van der Waals surface area contributed by atoms with Crippen LogP contribution in [-0.2, 0) is 81.5 Å². The third kappa shape index (κ3) is 58.4. The molecule has 0 saturated carbocycles. The van der Waals surface area contributed by atoms with Gasteiger partial charge in [-0.1, -0.05) is 149 Å². The number of carboxylic acid groups (broad SMARTS) is 6. The second-order valence-electron chi connectivity index (χ2n) is 31.5. The highest BCUT2D eigenvalue weighted by Crippen LogP contribution is 2.28. The van der Waals surface area contributed by atoms with Crippen LogP contribution in [0.2, 0.25) is 0 Å². The average molecular weight is 1610 g/mol. The Kier molecular flexibility index (Phi) is 59.6. The maximum atomic E-state index is 13.9. The van der Waals surface area contributed by atoms with Crippen molar-refractivity contribution in [1.82, 2.24) is 31.9 Å². The molecule has 0 aliphatic heterocycles. The van der Waals surface area contributed by atoms with E-state index < -0.39 is 125 Å². The van der Waals surface area contributed by atoms with Gasteiger partial charge in [-0.2, -0.15) is 0 Å². The molecule has 646 valence electrons. The minimum atomic E-state index is -1.44. The summed E-state index contributed by atoms with van der Waals surface area (Å²) in [4.78, 5) is 210. The summed E-state index contributed by atoms with van der Waals surface area (Å²) in [6.45, 7) is 7.43. The second-order valence-corrected chi connectivity index (χ2v) is 31.5. The van der Waals surface area contributed by atoms with Gasteiger partial charge in [0.1, 0.15) is 47.0 Å². The van der Waals surface area contributed by atoms with Crippen LogP contribution in [0.3, 0.4) is 0 Å². The van der Waals surface area contributed by atoms with Crippen LogP contribution in [0.4, 0.5) is 0 Å². The van der Waals surface area contributed by atoms with Crippen molar-refractivity contribution in [2.75, 3.05) is 19.6 Å². The maximum Gasteiger partial charge on any atom is 0.326 e. The predicted octanol–water partition coefficient (Wildman–Crippen LogP) is 9.83. The molecule has 0 bridgehead atoms. The Morgan fingerprint density at radius 1 is 0.292 bits per heavy atom. The van der Waals surface area contributed by atoms with Crippen LogP contribution in [0, 0.1) is 23.2 Å². The van der Waals surface area contributed by atoms with E-state index in [1.165, 1.54) is 6.92 Å². The van der Waals surface area contributed by atoms with E-state index in [2.05, 4.69) is 31.9 Å². The van der Waals surface area contributed by atoms with Gasteiger partial charge in [0, 0.05) is 114 Å². The summed E-state index contributed by atoms with van der Waals surface area (Å²) in [6.07, 6.45) is 22.5. The molecule has 16 N–H and O–H groups in total. The summed E-state index contributed by atoms with van der Waals surface area (Å²) in [5.41, 5.74) is 11.6. The van der Waals surface area contributed by atoms with E-state index in [0.717, 1.165) is 103 Å². The molecule has 0 unspecified atom stereocenters. The zero-order valence-corrected chi connectivity index (χ0v) is 68.2. The van der Waals surface area contributed by atoms with Gasteiger partial charge >= 0.3 is 35.8 Å². The average Bonchev–Trinajstić information content (AvgIpc) is 0.867. The lowest BCUT2D eigenvalue weighted by Gasteiger charge is -2.23. The van der Waals surface area contributed by atoms with Crippen LogP contribution in [-0.4, -0.2) is 181 Å². The number of carbonyl (C=O) groups excluding carboxylic acids is 11. The molecule has 0 spiro atoms. The fourth-order valence-corrected chi connectivity index (χ4v) is 12.9. The van der Waals surface area contributed by atoms with Crippen LogP contribution >= 0.6 is 0 Å². The van der Waals surface area contributed by atoms with Crippen molar-refractivity contribution in [3.8, 4) is 0 Å². The zero-order chi connectivity index (χ0) is 84.9. The van der Waals surface area contributed by atoms with Crippen LogP contribution in [0.15, 0.2) is 0 Å². The fourth-order valence-electron chi connectivity index (χ4n) is 12.9. The lowest BCUT2D eigenvalue weighted by molar-refractivity contribution is -0.145. The third-order valence-corrected chi connectivity index (χ3v) is 20.3. The Labute approximate surface area is 668 Å². The van der Waals surface area contributed by atoms with Crippen molar-refractivity contribution in [2.24, 2.45) is 34.6 Å². The van der Waals surface area contributed by atoms with E-state index in [9.17, 15) is 102 Å². The summed E-state index contributed by atoms with van der Waals surface area (Å²) >= 11 is 0. The first-order valence-corrected chi connectivity index (χ1v) is 41.7. The Morgan fingerprint density at radius 3 is 1.02 bits per heavy atom. The maximum absolute atomic E-state index is 13.9. The molecule has 113 heavy (non-hydrogen) atoms. The Morgan fingerprint density at radius 2 is 0.619 bits per heavy atom. The summed E-state index contributed by atoms with van der Waals surface area (Å²) in [5, 5.41) is 71.7. The quantitative estimate of drug-likeness (QED) is 0.0252. The van der Waals surface area contributed by atoms with Gasteiger partial charge in [-0.15, -0.1) is 0 Å². The molecule has 0 rings (SSSR count). The first-order valence-electron chi connectivity index (χ1n) is 41.7. The molecule has 8 atom stereocenters. The molecular weight excluding hydrogens is 1460 g/mol. The normalized spacial score (nSPS) is 13.5. The number of carbonyl (C=O) groups is 17. The molecule has 0 aromatic carbocycles. The summed E-state index contributed by atoms with van der Waals surface area (Å²) in [5.74, 6) is -13.4. The molecule has 0 aromatic rings. The molecule has 31 nitrogen and oxygen atoms in total. The van der Waals surface area contributed by atoms with Gasteiger partial charge in [-0.05, 0) is 116 Å². The SMILES string of the molecule is CC(=O)[C@H](CCCCNC(=O)[C@@H](N)CCCCCC(=O)CC[C@H](NC(=O)CC[C@H](CC(=O)CCCCCCCCCCCCC(=O)O)C(=O)O)C(=O)O)CC(=O)[C@H](CCCCNC(=O)[C@@H](N)CCCCNC(=O)CC[C@H](NC(=O)CC[C@H](NC(=O)CCCCCCCCCCCCC(=O)O)C(=O)O)C(=O)O)CC(=O)C(C)(C)C. The number of nitrogens with one attached hydrogen (secondary N) is 6. The highest BCUT2D eigenvalue weighted by Gasteiger charge is 2.32. The topological polar surface area (TPSA) is 536 Å². The largest absolute Gasteiger partial charge is 0.481 e. The molecule has 0 aliphatic carbocycles. The second kappa shape index (κ2) is 64.2. The number of carboxylic acids is 6. The first-order chi connectivity index (χ1) is 53.5. The summed E-state index contributed by atoms with van der Waals surface area (Å²) < 4.78 is 0. The lowest BCUT2D eigenvalue weighted by atomic mass is 9.79. The molecule has 0 saturated heterocycles. The third-order valence-electron chi connectivity index (χ3n) is 20.3. The minimum Gasteiger partial charge on any atom is -0.481 e. The number of ketones is 5. The Bertz CT molecular complexity index is 2920. The van der Waals surface area contributed by atoms with Crippen molar-refractivity contribution in [3.05, 3.63) is 0 Å². The van der Waals surface area contributed by atoms with Crippen molar-refractivity contribution >= 4 is 100 Å². The number of rotatable bonds is 76. The molecule has 0 fully saturated rings. The summed E-state index contributed by atoms with van der Waals surface area (Å²) in [6, 6.07) is -5.87. The van der Waals surface area contributed by atoms with E-state index in [0.29, 0.717) is 103 Å². The number of amides is 6. The molecule has 0 aromatic heterocycles. The number of hydrogen-bond acceptors (Lipinski definition) is 19. The highest BCUT2D eigenvalue weighted by molar-refractivity contribution is 5.93. The first kappa shape index (κ1) is 105. The van der Waals surface area contributed by atoms with E-state index >= 15 is 0 Å². The van der Waals surface area contributed by atoms with Gasteiger partial charge in [0.2, 0.25) is 35.4 Å². The standard InChI is InChI=1S/C82H140N8O23/c1-57(91)58(34-28-31-52-86-76(104)63(83)38-24-21-23-36-61(92)44-45-65(79(108)109)89-72(98)48-43-60(78(106)107)54-62(93)37-22-17-13-9-5-7-11-15-19-26-41-74(100)101)55-68(94)59(56-69(95)82(2,3)4)35-29-32-53-87-77(105)64(84)39-30-33-51-85-70(96)49-46-66(80(110)111)90-73(99)50-47-67(81(112)113)88-71(97)40-25-18-14-10-6-8-12-16-20-27-42-75(102)103/h58-60,63-67H,5-56,83-84H2,1-4H3,(H,85,96)(H,86,104)(H,87,105)(H,88,97)(H,89,98)(H,90,99)(H,100,101)(H,102,103)(H,106,107)(H,108,109)(H,110,111)(H,112,113)/t58-,59-,60-,63+,64+,65+,66+,67+/m1/s1. The van der Waals surface area contributed by atoms with Crippen molar-refractivity contribution < 1.29 is 112 Å². The van der Waals surface area contributed by atoms with Crippen molar-refractivity contribution in [2.45, 2.75) is 373 Å². The minimum absolute atomic E-state index is 0.00937. The van der Waals surface area contributed by atoms with Crippen molar-refractivity contribution in [1.29, 1.82) is 0 Å². The molecule has 0 heterocycles. The lowest BCUT2D eigenvalue weighted by Crippen LogP contribution is -2.44. The van der Waals surface area contributed by atoms with Gasteiger partial charge in [-0.25, -0.2) is 14.4 Å². The molecule has 6 amide bonds. The van der Waals surface area contributed by atoms with Gasteiger partial charge in [-0.3, -0.25) is 67.1 Å². The van der Waals surface area contributed by atoms with Crippen LogP contribution in [0.1, 0.15) is 342 Å². The van der Waals surface area contributed by atoms with Crippen molar-refractivity contribution in [3.63, 3.8) is 0 Å². The molecule has 31 heteroatoms. The van der Waals surface area contributed by atoms with Crippen LogP contribution in [0.25, 0.3) is 0 Å². The number of aliphatic carboxylic acids is 6. The predicted molar refractivity (Wildman–Crippen MR) is 423 cm³/mol. The smallest absolute Gasteiger partial charge is 0.326 e. The fraction of sp³-hybridized carbons (Fsp3) is 0.793. The van der Waals surface area contributed by atoms with Gasteiger partial charge in [0.15, 0.2) is 0 Å². The van der Waals surface area contributed by atoms with Gasteiger partial charge in [0.25, 0.3) is 0 Å². The van der Waals surface area contributed by atoms with E-state index in [1.807, 2.05) is 0 Å². The molecular formula is C82H140N8O23. The van der Waals surface area contributed by atoms with Crippen LogP contribution < -0.4 is 43.4 Å². The Hall–Kier alpha value is -8.09. The van der Waals surface area contributed by atoms with E-state index in [-0.39, 0.29) is 157 Å². The number of hydrogen-bond donors (Lipinski definition) is 14. The Balaban J connectivity index is 4.69. The number of nitrogens with two attached hydrogens (primary N) is 2. The van der Waals surface area contributed by atoms with Gasteiger partial charge in [0.05, 0.1) is 18.0 Å². The molecule has 0 radical (unpaired) electrons. The zero-order valence-electron chi connectivity index (χ0n) is 68.2. The van der Waals surface area contributed by atoms with E-state index in [4.69, 9.17) is 21.7 Å². The monoisotopic (exact) mass is 1610 g/mol. The summed E-state index contributed by atoms with van der Waals surface area (Å²) in [7, 11) is 0. The number of unbranched alkanes of at least 4 members (excludes halogenated alkanes) is 23. The number of Topliss-reactive ketones (excluding diaryl/α,β-unsaturated/α-hetero) is 5. The highest BCUT2D eigenvalue weighted by atomic mass is 16.4. The molecule has 0 aliphatic rings. The van der Waals surface area contributed by atoms with Crippen LogP contribution in [0.5, 0.6) is 0 Å². The van der Waals surface area contributed by atoms with E-state index in [1.54, 1.807) is 20.8 Å².